The molecule has 0 atom stereocenters. The molecule has 190 valence electrons. The van der Waals surface area contributed by atoms with E-state index in [2.05, 4.69) is 150 Å². The Morgan fingerprint density at radius 2 is 0.927 bits per heavy atom. The number of hydrogen-bond acceptors (Lipinski definition) is 1. The number of benzene rings is 6. The van der Waals surface area contributed by atoms with Gasteiger partial charge in [0.1, 0.15) is 5.82 Å². The zero-order valence-electron chi connectivity index (χ0n) is 22.3. The van der Waals surface area contributed by atoms with Crippen LogP contribution in [0.25, 0.3) is 83.0 Å². The first-order chi connectivity index (χ1) is 20.3. The monoisotopic (exact) mass is 520 g/mol. The molecule has 2 heterocycles. The third-order valence-corrected chi connectivity index (χ3v) is 8.54. The molecule has 2 nitrogen and oxygen atoms in total. The molecule has 0 aliphatic heterocycles. The highest BCUT2D eigenvalue weighted by Crippen LogP contribution is 2.47. The SMILES string of the molecule is c1ccc(-c2ccc3c(c2)c2cc(-c4ccccc4)ccc2n3-c2cc3c4c(cccc4n2)-c2ccccc2-3)cc1. The summed E-state index contributed by atoms with van der Waals surface area (Å²) in [6.45, 7) is 0. The van der Waals surface area contributed by atoms with Crippen LogP contribution in [0.3, 0.4) is 0 Å². The average molecular weight is 521 g/mol. The predicted octanol–water partition coefficient (Wildman–Crippen LogP) is 10.3. The second-order valence-electron chi connectivity index (χ2n) is 10.8. The molecular formula is C39H24N2. The van der Waals surface area contributed by atoms with Crippen molar-refractivity contribution in [3.8, 4) is 50.3 Å². The quantitative estimate of drug-likeness (QED) is 0.227. The van der Waals surface area contributed by atoms with Gasteiger partial charge in [0.15, 0.2) is 0 Å². The molecule has 8 aromatic rings. The van der Waals surface area contributed by atoms with Crippen LogP contribution in [0.1, 0.15) is 0 Å². The molecule has 9 rings (SSSR count). The van der Waals surface area contributed by atoms with Gasteiger partial charge in [0, 0.05) is 16.2 Å². The number of rotatable bonds is 3. The largest absolute Gasteiger partial charge is 0.294 e. The minimum atomic E-state index is 0.946. The van der Waals surface area contributed by atoms with Crippen LogP contribution in [0.15, 0.2) is 146 Å². The fraction of sp³-hybridized carbons (Fsp3) is 0. The van der Waals surface area contributed by atoms with Gasteiger partial charge in [0.2, 0.25) is 0 Å². The van der Waals surface area contributed by atoms with Crippen molar-refractivity contribution in [2.45, 2.75) is 0 Å². The number of fused-ring (bicyclic) bond motifs is 6. The summed E-state index contributed by atoms with van der Waals surface area (Å²) < 4.78 is 2.34. The Kier molecular flexibility index (Phi) is 4.64. The van der Waals surface area contributed by atoms with E-state index < -0.39 is 0 Å². The van der Waals surface area contributed by atoms with Crippen molar-refractivity contribution in [3.05, 3.63) is 146 Å². The van der Waals surface area contributed by atoms with E-state index in [1.165, 1.54) is 60.7 Å². The smallest absolute Gasteiger partial charge is 0.138 e. The Morgan fingerprint density at radius 1 is 0.390 bits per heavy atom. The first-order valence-corrected chi connectivity index (χ1v) is 14.1. The molecule has 41 heavy (non-hydrogen) atoms. The van der Waals surface area contributed by atoms with Crippen molar-refractivity contribution in [3.63, 3.8) is 0 Å². The summed E-state index contributed by atoms with van der Waals surface area (Å²) >= 11 is 0. The van der Waals surface area contributed by atoms with E-state index in [0.29, 0.717) is 0 Å². The highest BCUT2D eigenvalue weighted by atomic mass is 15.1. The van der Waals surface area contributed by atoms with E-state index in [1.54, 1.807) is 0 Å². The van der Waals surface area contributed by atoms with Crippen LogP contribution in [-0.4, -0.2) is 9.55 Å². The average Bonchev–Trinajstić information content (AvgIpc) is 3.55. The molecule has 0 N–H and O–H groups in total. The predicted molar refractivity (Wildman–Crippen MR) is 171 cm³/mol. The molecule has 1 aliphatic rings. The van der Waals surface area contributed by atoms with Gasteiger partial charge in [-0.15, -0.1) is 0 Å². The lowest BCUT2D eigenvalue weighted by molar-refractivity contribution is 1.10. The normalized spacial score (nSPS) is 11.9. The fourth-order valence-electron chi connectivity index (χ4n) is 6.67. The van der Waals surface area contributed by atoms with Crippen molar-refractivity contribution in [2.24, 2.45) is 0 Å². The second kappa shape index (κ2) is 8.51. The van der Waals surface area contributed by atoms with Crippen LogP contribution in [-0.2, 0) is 0 Å². The molecule has 0 spiro atoms. The van der Waals surface area contributed by atoms with Gasteiger partial charge in [-0.1, -0.05) is 109 Å². The zero-order chi connectivity index (χ0) is 26.9. The molecular weight excluding hydrogens is 496 g/mol. The Balaban J connectivity index is 1.36. The summed E-state index contributed by atoms with van der Waals surface area (Å²) in [7, 11) is 0. The van der Waals surface area contributed by atoms with E-state index >= 15 is 0 Å². The molecule has 0 saturated carbocycles. The van der Waals surface area contributed by atoms with Crippen LogP contribution >= 0.6 is 0 Å². The van der Waals surface area contributed by atoms with Crippen molar-refractivity contribution in [2.75, 3.05) is 0 Å². The van der Waals surface area contributed by atoms with Crippen molar-refractivity contribution in [1.82, 2.24) is 9.55 Å². The number of pyridine rings is 1. The number of hydrogen-bond donors (Lipinski definition) is 0. The van der Waals surface area contributed by atoms with Crippen LogP contribution in [0, 0.1) is 0 Å². The molecule has 0 saturated heterocycles. The summed E-state index contributed by atoms with van der Waals surface area (Å²) in [6.07, 6.45) is 0. The lowest BCUT2D eigenvalue weighted by Gasteiger charge is -2.11. The van der Waals surface area contributed by atoms with Gasteiger partial charge in [-0.05, 0) is 80.9 Å². The minimum Gasteiger partial charge on any atom is -0.294 e. The Labute approximate surface area is 237 Å². The van der Waals surface area contributed by atoms with Gasteiger partial charge < -0.3 is 0 Å². The fourth-order valence-corrected chi connectivity index (χ4v) is 6.67. The van der Waals surface area contributed by atoms with Crippen molar-refractivity contribution >= 4 is 32.7 Å². The van der Waals surface area contributed by atoms with E-state index in [1.807, 2.05) is 0 Å². The topological polar surface area (TPSA) is 17.8 Å². The number of aromatic nitrogens is 2. The van der Waals surface area contributed by atoms with Gasteiger partial charge >= 0.3 is 0 Å². The van der Waals surface area contributed by atoms with Crippen LogP contribution in [0.4, 0.5) is 0 Å². The summed E-state index contributed by atoms with van der Waals surface area (Å²) in [4.78, 5) is 5.29. The minimum absolute atomic E-state index is 0.946. The van der Waals surface area contributed by atoms with Gasteiger partial charge in [-0.25, -0.2) is 4.98 Å². The molecule has 0 bridgehead atoms. The molecule has 2 aromatic heterocycles. The van der Waals surface area contributed by atoms with Crippen LogP contribution in [0.2, 0.25) is 0 Å². The Morgan fingerprint density at radius 3 is 1.54 bits per heavy atom. The Hall–Kier alpha value is -5.47. The lowest BCUT2D eigenvalue weighted by Crippen LogP contribution is -1.98. The van der Waals surface area contributed by atoms with Gasteiger partial charge in [-0.2, -0.15) is 0 Å². The van der Waals surface area contributed by atoms with E-state index in [0.717, 1.165) is 22.4 Å². The van der Waals surface area contributed by atoms with Gasteiger partial charge in [-0.3, -0.25) is 4.57 Å². The summed E-state index contributed by atoms with van der Waals surface area (Å²) in [6, 6.07) is 52.4. The molecule has 2 heteroatoms. The third kappa shape index (κ3) is 3.28. The summed E-state index contributed by atoms with van der Waals surface area (Å²) in [5, 5.41) is 3.70. The van der Waals surface area contributed by atoms with Crippen LogP contribution < -0.4 is 0 Å². The van der Waals surface area contributed by atoms with Crippen LogP contribution in [0.5, 0.6) is 0 Å². The third-order valence-electron chi connectivity index (χ3n) is 8.54. The van der Waals surface area contributed by atoms with Crippen molar-refractivity contribution < 1.29 is 0 Å². The zero-order valence-corrected chi connectivity index (χ0v) is 22.3. The molecule has 0 radical (unpaired) electrons. The maximum Gasteiger partial charge on any atom is 0.138 e. The summed E-state index contributed by atoms with van der Waals surface area (Å²) in [5.41, 5.74) is 13.3. The number of nitrogens with zero attached hydrogens (tertiary/aromatic N) is 2. The molecule has 0 amide bonds. The molecule has 0 unspecified atom stereocenters. The van der Waals surface area contributed by atoms with Crippen molar-refractivity contribution in [1.29, 1.82) is 0 Å². The first kappa shape index (κ1) is 22.4. The second-order valence-corrected chi connectivity index (χ2v) is 10.8. The first-order valence-electron chi connectivity index (χ1n) is 14.1. The van der Waals surface area contributed by atoms with E-state index in [-0.39, 0.29) is 0 Å². The maximum atomic E-state index is 5.29. The highest BCUT2D eigenvalue weighted by molar-refractivity contribution is 6.15. The maximum absolute atomic E-state index is 5.29. The highest BCUT2D eigenvalue weighted by Gasteiger charge is 2.24. The van der Waals surface area contributed by atoms with E-state index in [9.17, 15) is 0 Å². The summed E-state index contributed by atoms with van der Waals surface area (Å²) in [5.74, 6) is 0.946. The molecule has 1 aliphatic carbocycles. The lowest BCUT2D eigenvalue weighted by atomic mass is 10.0. The van der Waals surface area contributed by atoms with Gasteiger partial charge in [0.05, 0.1) is 16.6 Å². The standard InChI is InChI=1S/C39H24N2/c1-3-10-25(11-4-1)27-18-20-36-32(22-27)33-23-28(26-12-5-2-6-13-26)19-21-37(33)41(36)38-24-34-30-15-8-7-14-29(30)31-16-9-17-35(40-38)39(31)34/h1-24H. The molecule has 0 fully saturated rings. The van der Waals surface area contributed by atoms with E-state index in [4.69, 9.17) is 4.98 Å². The molecule has 6 aromatic carbocycles. The van der Waals surface area contributed by atoms with Gasteiger partial charge in [0.25, 0.3) is 0 Å². The Bertz CT molecular complexity index is 2200.